The van der Waals surface area contributed by atoms with E-state index in [2.05, 4.69) is 0 Å². The average molecular weight is 555 g/mol. The van der Waals surface area contributed by atoms with Crippen LogP contribution in [0.15, 0.2) is 48.5 Å². The molecule has 1 N–H and O–H groups in total. The number of halogens is 2. The Bertz CT molecular complexity index is 1200. The van der Waals surface area contributed by atoms with Gasteiger partial charge in [-0.05, 0) is 54.7 Å². The van der Waals surface area contributed by atoms with Gasteiger partial charge in [-0.2, -0.15) is 0 Å². The minimum atomic E-state index is -3.43. The van der Waals surface area contributed by atoms with E-state index in [9.17, 15) is 23.1 Å². The molecule has 0 aromatic heterocycles. The molecule has 1 fully saturated rings. The number of carboxylic acids is 1. The van der Waals surface area contributed by atoms with Crippen LogP contribution in [0.1, 0.15) is 69.5 Å². The number of benzene rings is 2. The van der Waals surface area contributed by atoms with Crippen LogP contribution < -0.4 is 0 Å². The summed E-state index contributed by atoms with van der Waals surface area (Å²) in [4.78, 5) is 27.6. The van der Waals surface area contributed by atoms with Crippen LogP contribution in [0.3, 0.4) is 0 Å². The molecule has 9 heteroatoms. The molecule has 0 saturated carbocycles. The Morgan fingerprint density at radius 1 is 1.11 bits per heavy atom. The Labute approximate surface area is 223 Å². The number of sulfone groups is 1. The Morgan fingerprint density at radius 3 is 2.33 bits per heavy atom. The van der Waals surface area contributed by atoms with Crippen LogP contribution in [0.4, 0.5) is 0 Å². The molecule has 2 aromatic carbocycles. The second-order valence-electron chi connectivity index (χ2n) is 9.88. The summed E-state index contributed by atoms with van der Waals surface area (Å²) in [7, 11) is -3.43. The number of carboxylic acid groups (broad SMARTS) is 1. The molecule has 0 spiro atoms. The third kappa shape index (κ3) is 6.42. The van der Waals surface area contributed by atoms with E-state index < -0.39 is 33.3 Å². The summed E-state index contributed by atoms with van der Waals surface area (Å²) in [6.45, 7) is 5.33. The summed E-state index contributed by atoms with van der Waals surface area (Å²) in [6.07, 6.45) is 0.810. The first-order valence-corrected chi connectivity index (χ1v) is 14.7. The maximum atomic E-state index is 14.1. The molecule has 3 rings (SSSR count). The van der Waals surface area contributed by atoms with Crippen LogP contribution in [0.5, 0.6) is 0 Å². The molecule has 1 heterocycles. The molecule has 0 unspecified atom stereocenters. The van der Waals surface area contributed by atoms with Gasteiger partial charge in [0.1, 0.15) is 0 Å². The van der Waals surface area contributed by atoms with Gasteiger partial charge >= 0.3 is 5.97 Å². The van der Waals surface area contributed by atoms with E-state index in [0.29, 0.717) is 22.9 Å². The Kier molecular flexibility index (Phi) is 9.12. The van der Waals surface area contributed by atoms with Gasteiger partial charge in [0.15, 0.2) is 9.84 Å². The zero-order valence-corrected chi connectivity index (χ0v) is 23.1. The van der Waals surface area contributed by atoms with Crippen LogP contribution in [-0.2, 0) is 19.4 Å². The molecule has 1 saturated heterocycles. The molecule has 196 valence electrons. The first-order chi connectivity index (χ1) is 16.9. The fourth-order valence-corrected chi connectivity index (χ4v) is 7.46. The predicted octanol–water partition coefficient (Wildman–Crippen LogP) is 6.14. The van der Waals surface area contributed by atoms with E-state index in [0.717, 1.165) is 11.1 Å². The highest BCUT2D eigenvalue weighted by molar-refractivity contribution is 7.91. The number of carbonyl (C=O) groups is 2. The van der Waals surface area contributed by atoms with Crippen molar-refractivity contribution in [3.8, 4) is 0 Å². The first kappa shape index (κ1) is 28.5. The zero-order chi connectivity index (χ0) is 26.7. The standard InChI is InChI=1S/C27H33Cl2NO5S/c1-4-13-36(34,35)17-22(5-2)30-25(18-9-11-20(28)12-10-18)23(19-7-6-8-21(29)14-19)15-27(3,26(30)33)16-24(31)32/h6-12,14,22-23,25H,4-5,13,15-17H2,1-3H3,(H,31,32)/t22-,23+,25+,27+/m0/s1. The van der Waals surface area contributed by atoms with Gasteiger partial charge in [0.25, 0.3) is 0 Å². The summed E-state index contributed by atoms with van der Waals surface area (Å²) in [6, 6.07) is 13.4. The molecule has 1 aliphatic rings. The highest BCUT2D eigenvalue weighted by Crippen LogP contribution is 2.52. The zero-order valence-electron chi connectivity index (χ0n) is 20.8. The van der Waals surface area contributed by atoms with Crippen molar-refractivity contribution < 1.29 is 23.1 Å². The molecule has 0 bridgehead atoms. The van der Waals surface area contributed by atoms with E-state index in [-0.39, 0.29) is 36.2 Å². The summed E-state index contributed by atoms with van der Waals surface area (Å²) in [5, 5.41) is 10.8. The van der Waals surface area contributed by atoms with Crippen LogP contribution in [0.25, 0.3) is 0 Å². The summed E-state index contributed by atoms with van der Waals surface area (Å²) < 4.78 is 25.8. The maximum absolute atomic E-state index is 14.1. The number of aliphatic carboxylic acids is 1. The number of hydrogen-bond donors (Lipinski definition) is 1. The molecule has 0 aliphatic carbocycles. The molecule has 0 radical (unpaired) electrons. The monoisotopic (exact) mass is 553 g/mol. The van der Waals surface area contributed by atoms with Crippen molar-refractivity contribution in [2.45, 2.75) is 64.5 Å². The number of carbonyl (C=O) groups excluding carboxylic acids is 1. The number of piperidine rings is 1. The van der Waals surface area contributed by atoms with Gasteiger partial charge in [-0.25, -0.2) is 8.42 Å². The lowest BCUT2D eigenvalue weighted by Crippen LogP contribution is -2.57. The number of amides is 1. The van der Waals surface area contributed by atoms with E-state index >= 15 is 0 Å². The quantitative estimate of drug-likeness (QED) is 0.381. The topological polar surface area (TPSA) is 91.8 Å². The molecule has 2 aromatic rings. The van der Waals surface area contributed by atoms with Crippen molar-refractivity contribution in [2.75, 3.05) is 11.5 Å². The van der Waals surface area contributed by atoms with E-state index in [1.54, 1.807) is 36.9 Å². The van der Waals surface area contributed by atoms with Crippen molar-refractivity contribution >= 4 is 44.9 Å². The Balaban J connectivity index is 2.24. The first-order valence-electron chi connectivity index (χ1n) is 12.2. The van der Waals surface area contributed by atoms with Gasteiger partial charge in [0.2, 0.25) is 5.91 Å². The number of likely N-dealkylation sites (tertiary alicyclic amines) is 1. The van der Waals surface area contributed by atoms with E-state index in [1.165, 1.54) is 0 Å². The molecule has 1 amide bonds. The van der Waals surface area contributed by atoms with Crippen molar-refractivity contribution in [3.05, 3.63) is 69.7 Å². The Morgan fingerprint density at radius 2 is 1.78 bits per heavy atom. The van der Waals surface area contributed by atoms with Gasteiger partial charge in [-0.15, -0.1) is 0 Å². The minimum Gasteiger partial charge on any atom is -0.481 e. The minimum absolute atomic E-state index is 0.0290. The molecular formula is C27H33Cl2NO5S. The van der Waals surface area contributed by atoms with Crippen molar-refractivity contribution in [1.29, 1.82) is 0 Å². The lowest BCUT2D eigenvalue weighted by atomic mass is 9.67. The van der Waals surface area contributed by atoms with Crippen LogP contribution in [-0.4, -0.2) is 47.8 Å². The van der Waals surface area contributed by atoms with Crippen molar-refractivity contribution in [2.24, 2.45) is 5.41 Å². The van der Waals surface area contributed by atoms with Crippen LogP contribution >= 0.6 is 23.2 Å². The fraction of sp³-hybridized carbons (Fsp3) is 0.481. The van der Waals surface area contributed by atoms with Gasteiger partial charge in [0, 0.05) is 27.8 Å². The van der Waals surface area contributed by atoms with E-state index in [1.807, 2.05) is 37.3 Å². The van der Waals surface area contributed by atoms with Crippen LogP contribution in [0, 0.1) is 5.41 Å². The third-order valence-electron chi connectivity index (χ3n) is 6.96. The van der Waals surface area contributed by atoms with Crippen LogP contribution in [0.2, 0.25) is 10.0 Å². The number of hydrogen-bond acceptors (Lipinski definition) is 4. The van der Waals surface area contributed by atoms with Crippen molar-refractivity contribution in [1.82, 2.24) is 4.90 Å². The Hall–Kier alpha value is -2.09. The molecule has 36 heavy (non-hydrogen) atoms. The predicted molar refractivity (Wildman–Crippen MR) is 143 cm³/mol. The van der Waals surface area contributed by atoms with Gasteiger partial charge in [0.05, 0.1) is 23.6 Å². The summed E-state index contributed by atoms with van der Waals surface area (Å²) in [5.74, 6) is -1.89. The third-order valence-corrected chi connectivity index (χ3v) is 9.37. The highest BCUT2D eigenvalue weighted by atomic mass is 35.5. The summed E-state index contributed by atoms with van der Waals surface area (Å²) >= 11 is 12.5. The summed E-state index contributed by atoms with van der Waals surface area (Å²) in [5.41, 5.74) is 0.452. The SMILES string of the molecule is CCCS(=O)(=O)C[C@H](CC)N1C(=O)[C@@](C)(CC(=O)O)C[C@H](c2cccc(Cl)c2)[C@H]1c1ccc(Cl)cc1. The second-order valence-corrected chi connectivity index (χ2v) is 13.0. The maximum Gasteiger partial charge on any atom is 0.304 e. The molecule has 6 nitrogen and oxygen atoms in total. The second kappa shape index (κ2) is 11.5. The largest absolute Gasteiger partial charge is 0.481 e. The normalized spacial score (nSPS) is 23.5. The van der Waals surface area contributed by atoms with Gasteiger partial charge < -0.3 is 10.0 Å². The fourth-order valence-electron chi connectivity index (χ4n) is 5.36. The number of rotatable bonds is 10. The smallest absolute Gasteiger partial charge is 0.304 e. The van der Waals surface area contributed by atoms with Gasteiger partial charge in [-0.1, -0.05) is 68.2 Å². The highest BCUT2D eigenvalue weighted by Gasteiger charge is 2.52. The van der Waals surface area contributed by atoms with Gasteiger partial charge in [-0.3, -0.25) is 9.59 Å². The van der Waals surface area contributed by atoms with E-state index in [4.69, 9.17) is 23.2 Å². The lowest BCUT2D eigenvalue weighted by molar-refractivity contribution is -0.160. The molecular weight excluding hydrogens is 521 g/mol. The number of nitrogens with zero attached hydrogens (tertiary/aromatic N) is 1. The average Bonchev–Trinajstić information content (AvgIpc) is 2.79. The molecule has 1 aliphatic heterocycles. The lowest BCUT2D eigenvalue weighted by Gasteiger charge is -2.51. The molecule has 4 atom stereocenters. The van der Waals surface area contributed by atoms with Crippen molar-refractivity contribution in [3.63, 3.8) is 0 Å².